The third-order valence-corrected chi connectivity index (χ3v) is 2.98. The first-order valence-electron chi connectivity index (χ1n) is 5.96. The summed E-state index contributed by atoms with van der Waals surface area (Å²) >= 11 is 0. The molecule has 0 aliphatic carbocycles. The van der Waals surface area contributed by atoms with Crippen molar-refractivity contribution >= 4 is 0 Å². The fraction of sp³-hybridized carbons (Fsp3) is 1.00. The van der Waals surface area contributed by atoms with Crippen LogP contribution in [-0.2, 0) is 4.74 Å². The first kappa shape index (κ1) is 14.9. The molecule has 3 atom stereocenters. The van der Waals surface area contributed by atoms with E-state index in [-0.39, 0.29) is 17.6 Å². The minimum absolute atomic E-state index is 0.108. The number of hydrogen-bond donors (Lipinski definition) is 2. The maximum atomic E-state index is 5.84. The Morgan fingerprint density at radius 2 is 1.80 bits per heavy atom. The molecule has 15 heavy (non-hydrogen) atoms. The zero-order valence-corrected chi connectivity index (χ0v) is 11.1. The van der Waals surface area contributed by atoms with Gasteiger partial charge in [0.2, 0.25) is 0 Å². The van der Waals surface area contributed by atoms with Crippen LogP contribution >= 0.6 is 0 Å². The number of ether oxygens (including phenoxy) is 1. The van der Waals surface area contributed by atoms with Gasteiger partial charge in [0.1, 0.15) is 0 Å². The Morgan fingerprint density at radius 1 is 1.27 bits per heavy atom. The van der Waals surface area contributed by atoms with Crippen LogP contribution in [0, 0.1) is 11.3 Å². The molecular weight excluding hydrogens is 188 g/mol. The van der Waals surface area contributed by atoms with Crippen molar-refractivity contribution in [1.82, 2.24) is 5.43 Å². The Balaban J connectivity index is 4.70. The summed E-state index contributed by atoms with van der Waals surface area (Å²) in [7, 11) is 0. The van der Waals surface area contributed by atoms with E-state index >= 15 is 0 Å². The molecule has 0 amide bonds. The number of rotatable bonds is 6. The Bertz CT molecular complexity index is 165. The van der Waals surface area contributed by atoms with Crippen molar-refractivity contribution in [2.45, 2.75) is 60.1 Å². The highest BCUT2D eigenvalue weighted by Gasteiger charge is 2.34. The number of hydrazine groups is 1. The fourth-order valence-corrected chi connectivity index (χ4v) is 1.88. The summed E-state index contributed by atoms with van der Waals surface area (Å²) < 4.78 is 5.84. The van der Waals surface area contributed by atoms with E-state index in [1.807, 2.05) is 6.92 Å². The highest BCUT2D eigenvalue weighted by atomic mass is 16.5. The molecule has 0 aliphatic rings. The van der Waals surface area contributed by atoms with Crippen molar-refractivity contribution in [3.05, 3.63) is 0 Å². The number of hydrogen-bond acceptors (Lipinski definition) is 3. The van der Waals surface area contributed by atoms with Crippen LogP contribution in [0.3, 0.4) is 0 Å². The molecule has 0 saturated carbocycles. The first-order valence-corrected chi connectivity index (χ1v) is 5.96. The second kappa shape index (κ2) is 6.46. The lowest BCUT2D eigenvalue weighted by molar-refractivity contribution is -0.0476. The van der Waals surface area contributed by atoms with E-state index in [1.165, 1.54) is 0 Å². The van der Waals surface area contributed by atoms with Gasteiger partial charge in [-0.3, -0.25) is 11.3 Å². The molecule has 0 radical (unpaired) electrons. The molecule has 0 rings (SSSR count). The van der Waals surface area contributed by atoms with Gasteiger partial charge in [0, 0.05) is 6.61 Å². The quantitative estimate of drug-likeness (QED) is 0.529. The summed E-state index contributed by atoms with van der Waals surface area (Å²) in [5, 5.41) is 0. The Morgan fingerprint density at radius 3 is 2.07 bits per heavy atom. The fourth-order valence-electron chi connectivity index (χ4n) is 1.88. The molecule has 0 bridgehead atoms. The van der Waals surface area contributed by atoms with Crippen molar-refractivity contribution in [1.29, 1.82) is 0 Å². The minimum atomic E-state index is 0.108. The van der Waals surface area contributed by atoms with Gasteiger partial charge < -0.3 is 4.74 Å². The summed E-state index contributed by atoms with van der Waals surface area (Å²) in [6, 6.07) is 0.218. The molecule has 3 unspecified atom stereocenters. The molecule has 0 aromatic rings. The van der Waals surface area contributed by atoms with Crippen LogP contribution in [0.4, 0.5) is 0 Å². The van der Waals surface area contributed by atoms with Gasteiger partial charge in [0.05, 0.1) is 12.1 Å². The largest absolute Gasteiger partial charge is 0.376 e. The molecule has 0 spiro atoms. The minimum Gasteiger partial charge on any atom is -0.376 e. The molecular formula is C12H28N2O. The molecule has 0 aliphatic heterocycles. The highest BCUT2D eigenvalue weighted by molar-refractivity contribution is 4.87. The van der Waals surface area contributed by atoms with E-state index in [2.05, 4.69) is 40.0 Å². The topological polar surface area (TPSA) is 47.3 Å². The van der Waals surface area contributed by atoms with Gasteiger partial charge in [-0.15, -0.1) is 0 Å². The Kier molecular flexibility index (Phi) is 6.41. The molecule has 0 saturated heterocycles. The molecule has 3 N–H and O–H groups in total. The van der Waals surface area contributed by atoms with Gasteiger partial charge in [0.15, 0.2) is 0 Å². The van der Waals surface area contributed by atoms with Crippen LogP contribution in [0.2, 0.25) is 0 Å². The molecule has 0 fully saturated rings. The first-order chi connectivity index (χ1) is 6.88. The molecule has 3 nitrogen and oxygen atoms in total. The summed E-state index contributed by atoms with van der Waals surface area (Å²) in [4.78, 5) is 0. The maximum absolute atomic E-state index is 5.84. The van der Waals surface area contributed by atoms with Crippen molar-refractivity contribution < 1.29 is 4.74 Å². The second-order valence-corrected chi connectivity index (χ2v) is 5.32. The summed E-state index contributed by atoms with van der Waals surface area (Å²) in [5.74, 6) is 6.17. The van der Waals surface area contributed by atoms with Crippen LogP contribution in [0.1, 0.15) is 48.0 Å². The van der Waals surface area contributed by atoms with E-state index < -0.39 is 0 Å². The lowest BCUT2D eigenvalue weighted by atomic mass is 9.80. The van der Waals surface area contributed by atoms with Gasteiger partial charge in [-0.2, -0.15) is 0 Å². The van der Waals surface area contributed by atoms with Crippen LogP contribution in [0.15, 0.2) is 0 Å². The zero-order chi connectivity index (χ0) is 12.1. The average Bonchev–Trinajstić information content (AvgIpc) is 2.15. The smallest absolute Gasteiger partial charge is 0.0792 e. The van der Waals surface area contributed by atoms with Gasteiger partial charge in [-0.25, -0.2) is 0 Å². The predicted octanol–water partition coefficient (Wildman–Crippen LogP) is 2.32. The maximum Gasteiger partial charge on any atom is 0.0792 e. The van der Waals surface area contributed by atoms with E-state index in [4.69, 9.17) is 10.6 Å². The van der Waals surface area contributed by atoms with Crippen LogP contribution in [-0.4, -0.2) is 18.8 Å². The third kappa shape index (κ3) is 4.49. The van der Waals surface area contributed by atoms with E-state index in [1.54, 1.807) is 0 Å². The molecule has 3 heteroatoms. The molecule has 0 aromatic carbocycles. The lowest BCUT2D eigenvalue weighted by Gasteiger charge is -2.39. The van der Waals surface area contributed by atoms with Crippen molar-refractivity contribution in [2.24, 2.45) is 17.2 Å². The average molecular weight is 216 g/mol. The van der Waals surface area contributed by atoms with Crippen LogP contribution in [0.25, 0.3) is 0 Å². The number of nitrogens with one attached hydrogen (secondary N) is 1. The summed E-state index contributed by atoms with van der Waals surface area (Å²) in [5.41, 5.74) is 3.03. The number of nitrogens with two attached hydrogens (primary N) is 1. The predicted molar refractivity (Wildman–Crippen MR) is 65.4 cm³/mol. The monoisotopic (exact) mass is 216 g/mol. The molecule has 0 heterocycles. The lowest BCUT2D eigenvalue weighted by Crippen LogP contribution is -2.54. The van der Waals surface area contributed by atoms with Gasteiger partial charge >= 0.3 is 0 Å². The summed E-state index contributed by atoms with van der Waals surface area (Å²) in [6.45, 7) is 13.7. The van der Waals surface area contributed by atoms with Gasteiger partial charge in [0.25, 0.3) is 0 Å². The highest BCUT2D eigenvalue weighted by Crippen LogP contribution is 2.28. The van der Waals surface area contributed by atoms with Gasteiger partial charge in [-0.05, 0) is 18.3 Å². The summed E-state index contributed by atoms with van der Waals surface area (Å²) in [6.07, 6.45) is 1.26. The van der Waals surface area contributed by atoms with Crippen molar-refractivity contribution in [3.63, 3.8) is 0 Å². The second-order valence-electron chi connectivity index (χ2n) is 5.32. The Hall–Kier alpha value is -0.120. The van der Waals surface area contributed by atoms with E-state index in [0.29, 0.717) is 5.92 Å². The standard InChI is InChI=1S/C12H28N2O/c1-7-9(3)10(14-13)11(15-8-2)12(4,5)6/h9-11,14H,7-8,13H2,1-6H3. The van der Waals surface area contributed by atoms with Crippen LogP contribution in [0.5, 0.6) is 0 Å². The van der Waals surface area contributed by atoms with Gasteiger partial charge in [-0.1, -0.05) is 41.0 Å². The zero-order valence-electron chi connectivity index (χ0n) is 11.1. The van der Waals surface area contributed by atoms with Crippen molar-refractivity contribution in [3.8, 4) is 0 Å². The Labute approximate surface area is 94.7 Å². The van der Waals surface area contributed by atoms with Crippen molar-refractivity contribution in [2.75, 3.05) is 6.61 Å². The SMILES string of the molecule is CCOC(C(NN)C(C)CC)C(C)(C)C. The third-order valence-electron chi connectivity index (χ3n) is 2.98. The molecule has 92 valence electrons. The molecule has 0 aromatic heterocycles. The normalized spacial score (nSPS) is 18.6. The van der Waals surface area contributed by atoms with E-state index in [9.17, 15) is 0 Å². The van der Waals surface area contributed by atoms with E-state index in [0.717, 1.165) is 13.0 Å². The van der Waals surface area contributed by atoms with Crippen LogP contribution < -0.4 is 11.3 Å².